The molecule has 2 atom stereocenters. The van der Waals surface area contributed by atoms with Crippen LogP contribution in [-0.4, -0.2) is 26.0 Å². The van der Waals surface area contributed by atoms with Gasteiger partial charge in [0.15, 0.2) is 0 Å². The lowest BCUT2D eigenvalue weighted by molar-refractivity contribution is -0.123. The second-order valence-corrected chi connectivity index (χ2v) is 7.27. The molecule has 0 aliphatic rings. The van der Waals surface area contributed by atoms with Crippen molar-refractivity contribution in [3.63, 3.8) is 0 Å². The predicted octanol–water partition coefficient (Wildman–Crippen LogP) is 3.91. The van der Waals surface area contributed by atoms with Crippen LogP contribution in [0.25, 0.3) is 0 Å². The molecule has 0 bridgehead atoms. The van der Waals surface area contributed by atoms with Crippen LogP contribution in [0.3, 0.4) is 0 Å². The van der Waals surface area contributed by atoms with Crippen LogP contribution in [0.15, 0.2) is 46.9 Å². The largest absolute Gasteiger partial charge is 0.497 e. The predicted molar refractivity (Wildman–Crippen MR) is 111 cm³/mol. The molecule has 0 aliphatic carbocycles. The molecular weight excluding hydrogens is 424 g/mol. The van der Waals surface area contributed by atoms with E-state index in [9.17, 15) is 9.59 Å². The molecule has 2 N–H and O–H groups in total. The Morgan fingerprint density at radius 2 is 1.64 bits per heavy atom. The zero-order valence-corrected chi connectivity index (χ0v) is 18.0. The normalized spacial score (nSPS) is 12.6. The summed E-state index contributed by atoms with van der Waals surface area (Å²) in [4.78, 5) is 24.2. The van der Waals surface area contributed by atoms with Gasteiger partial charge in [0.25, 0.3) is 0 Å². The van der Waals surface area contributed by atoms with Crippen molar-refractivity contribution in [3.05, 3.63) is 58.1 Å². The van der Waals surface area contributed by atoms with Gasteiger partial charge in [0.1, 0.15) is 11.5 Å². The Morgan fingerprint density at radius 3 is 2.18 bits per heavy atom. The van der Waals surface area contributed by atoms with Gasteiger partial charge in [0, 0.05) is 6.92 Å². The highest BCUT2D eigenvalue weighted by Crippen LogP contribution is 2.28. The minimum Gasteiger partial charge on any atom is -0.497 e. The van der Waals surface area contributed by atoms with Gasteiger partial charge in [-0.15, -0.1) is 0 Å². The molecule has 0 saturated carbocycles. The fourth-order valence-electron chi connectivity index (χ4n) is 2.85. The first-order chi connectivity index (χ1) is 13.3. The Hall–Kier alpha value is -2.54. The highest BCUT2D eigenvalue weighted by atomic mass is 79.9. The molecule has 150 valence electrons. The van der Waals surface area contributed by atoms with Crippen LogP contribution in [0.2, 0.25) is 0 Å². The molecule has 6 nitrogen and oxygen atoms in total. The van der Waals surface area contributed by atoms with Crippen molar-refractivity contribution in [2.45, 2.75) is 32.4 Å². The summed E-state index contributed by atoms with van der Waals surface area (Å²) < 4.78 is 11.2. The van der Waals surface area contributed by atoms with E-state index in [2.05, 4.69) is 26.6 Å². The molecule has 2 aromatic rings. The summed E-state index contributed by atoms with van der Waals surface area (Å²) >= 11 is 3.46. The molecule has 0 saturated heterocycles. The molecule has 2 amide bonds. The lowest BCUT2D eigenvalue weighted by atomic mass is 10.0. The van der Waals surface area contributed by atoms with Crippen LogP contribution >= 0.6 is 15.9 Å². The summed E-state index contributed by atoms with van der Waals surface area (Å²) in [5.74, 6) is 1.09. The molecule has 2 rings (SSSR count). The van der Waals surface area contributed by atoms with E-state index in [4.69, 9.17) is 9.47 Å². The van der Waals surface area contributed by atoms with Crippen LogP contribution in [-0.2, 0) is 9.59 Å². The first kappa shape index (κ1) is 21.8. The molecule has 0 spiro atoms. The third kappa shape index (κ3) is 5.99. The number of ether oxygens (including phenoxy) is 2. The lowest BCUT2D eigenvalue weighted by Gasteiger charge is -2.21. The number of nitrogens with one attached hydrogen (secondary N) is 2. The molecule has 7 heteroatoms. The average molecular weight is 449 g/mol. The van der Waals surface area contributed by atoms with E-state index in [0.29, 0.717) is 5.75 Å². The highest BCUT2D eigenvalue weighted by molar-refractivity contribution is 9.10. The molecule has 0 aromatic heterocycles. The zero-order chi connectivity index (χ0) is 20.7. The van der Waals surface area contributed by atoms with Gasteiger partial charge in [-0.25, -0.2) is 0 Å². The molecular formula is C21H25BrN2O4. The van der Waals surface area contributed by atoms with Crippen LogP contribution in [0.4, 0.5) is 0 Å². The minimum absolute atomic E-state index is 0.133. The van der Waals surface area contributed by atoms with Crippen LogP contribution in [0, 0.1) is 0 Å². The summed E-state index contributed by atoms with van der Waals surface area (Å²) in [5, 5.41) is 5.82. The number of rotatable bonds is 8. The van der Waals surface area contributed by atoms with Gasteiger partial charge < -0.3 is 20.1 Å². The third-order valence-corrected chi connectivity index (χ3v) is 4.96. The maximum absolute atomic E-state index is 12.6. The van der Waals surface area contributed by atoms with Crippen LogP contribution < -0.4 is 20.1 Å². The number of hydrogen-bond acceptors (Lipinski definition) is 4. The van der Waals surface area contributed by atoms with Gasteiger partial charge in [-0.2, -0.15) is 0 Å². The Bertz CT molecular complexity index is 824. The van der Waals surface area contributed by atoms with Gasteiger partial charge >= 0.3 is 0 Å². The molecule has 0 fully saturated rings. The van der Waals surface area contributed by atoms with E-state index in [1.54, 1.807) is 26.4 Å². The lowest BCUT2D eigenvalue weighted by Crippen LogP contribution is -2.33. The summed E-state index contributed by atoms with van der Waals surface area (Å²) in [6.45, 7) is 3.35. The van der Waals surface area contributed by atoms with Crippen LogP contribution in [0.1, 0.15) is 43.5 Å². The molecule has 2 unspecified atom stereocenters. The highest BCUT2D eigenvalue weighted by Gasteiger charge is 2.19. The Balaban J connectivity index is 2.07. The van der Waals surface area contributed by atoms with E-state index in [1.807, 2.05) is 37.3 Å². The van der Waals surface area contributed by atoms with Crippen molar-refractivity contribution in [1.82, 2.24) is 10.6 Å². The van der Waals surface area contributed by atoms with E-state index in [0.717, 1.165) is 21.3 Å². The molecule has 0 radical (unpaired) electrons. The molecule has 2 aromatic carbocycles. The molecule has 0 heterocycles. The SMILES string of the molecule is COc1ccc(C(CC(=O)NC(C)c2ccc(OC)c(Br)c2)NC(C)=O)cc1. The summed E-state index contributed by atoms with van der Waals surface area (Å²) in [5.41, 5.74) is 1.78. The summed E-state index contributed by atoms with van der Waals surface area (Å²) in [6, 6.07) is 12.4. The van der Waals surface area contributed by atoms with Gasteiger partial charge in [-0.3, -0.25) is 9.59 Å². The average Bonchev–Trinajstić information content (AvgIpc) is 2.67. The monoisotopic (exact) mass is 448 g/mol. The van der Waals surface area contributed by atoms with Gasteiger partial charge in [0.2, 0.25) is 11.8 Å². The number of amides is 2. The van der Waals surface area contributed by atoms with Gasteiger partial charge in [-0.1, -0.05) is 18.2 Å². The number of hydrogen-bond donors (Lipinski definition) is 2. The summed E-state index contributed by atoms with van der Waals surface area (Å²) in [6.07, 6.45) is 0.133. The van der Waals surface area contributed by atoms with Crippen molar-refractivity contribution in [2.24, 2.45) is 0 Å². The third-order valence-electron chi connectivity index (χ3n) is 4.34. The summed E-state index contributed by atoms with van der Waals surface area (Å²) in [7, 11) is 3.19. The van der Waals surface area contributed by atoms with E-state index in [1.165, 1.54) is 6.92 Å². The topological polar surface area (TPSA) is 76.7 Å². The number of carbonyl (C=O) groups is 2. The van der Waals surface area contributed by atoms with E-state index in [-0.39, 0.29) is 24.3 Å². The van der Waals surface area contributed by atoms with Gasteiger partial charge in [-0.05, 0) is 58.2 Å². The number of methoxy groups -OCH3 is 2. The van der Waals surface area contributed by atoms with Gasteiger partial charge in [0.05, 0.1) is 37.2 Å². The van der Waals surface area contributed by atoms with Crippen molar-refractivity contribution in [3.8, 4) is 11.5 Å². The van der Waals surface area contributed by atoms with Crippen LogP contribution in [0.5, 0.6) is 11.5 Å². The smallest absolute Gasteiger partial charge is 0.222 e. The number of halogens is 1. The van der Waals surface area contributed by atoms with Crippen molar-refractivity contribution < 1.29 is 19.1 Å². The quantitative estimate of drug-likeness (QED) is 0.641. The van der Waals surface area contributed by atoms with Crippen molar-refractivity contribution in [1.29, 1.82) is 0 Å². The second-order valence-electron chi connectivity index (χ2n) is 6.41. The fraction of sp³-hybridized carbons (Fsp3) is 0.333. The number of benzene rings is 2. The minimum atomic E-state index is -0.418. The Labute approximate surface area is 173 Å². The van der Waals surface area contributed by atoms with E-state index >= 15 is 0 Å². The molecule has 0 aliphatic heterocycles. The van der Waals surface area contributed by atoms with Crippen molar-refractivity contribution >= 4 is 27.7 Å². The number of carbonyl (C=O) groups excluding carboxylic acids is 2. The Kier molecular flexibility index (Phi) is 7.87. The second kappa shape index (κ2) is 10.1. The Morgan fingerprint density at radius 1 is 1.00 bits per heavy atom. The maximum Gasteiger partial charge on any atom is 0.222 e. The maximum atomic E-state index is 12.6. The molecule has 28 heavy (non-hydrogen) atoms. The fourth-order valence-corrected chi connectivity index (χ4v) is 3.41. The zero-order valence-electron chi connectivity index (χ0n) is 16.4. The first-order valence-electron chi connectivity index (χ1n) is 8.88. The van der Waals surface area contributed by atoms with Crippen molar-refractivity contribution in [2.75, 3.05) is 14.2 Å². The van der Waals surface area contributed by atoms with E-state index < -0.39 is 6.04 Å². The standard InChI is InChI=1S/C21H25BrN2O4/c1-13(16-7-10-20(28-4)18(22)11-16)23-21(26)12-19(24-14(2)25)15-5-8-17(27-3)9-6-15/h5-11,13,19H,12H2,1-4H3,(H,23,26)(H,24,25). The first-order valence-corrected chi connectivity index (χ1v) is 9.67.